The van der Waals surface area contributed by atoms with E-state index in [1.165, 1.54) is 0 Å². The van der Waals surface area contributed by atoms with Gasteiger partial charge in [0.2, 0.25) is 6.79 Å². The molecule has 0 aliphatic carbocycles. The summed E-state index contributed by atoms with van der Waals surface area (Å²) in [6.45, 7) is 3.15. The second-order valence-electron chi connectivity index (χ2n) is 6.59. The fraction of sp³-hybridized carbons (Fsp3) is 0.350. The third kappa shape index (κ3) is 3.58. The van der Waals surface area contributed by atoms with Gasteiger partial charge in [-0.15, -0.1) is 0 Å². The van der Waals surface area contributed by atoms with E-state index in [1.54, 1.807) is 7.11 Å². The van der Waals surface area contributed by atoms with E-state index < -0.39 is 0 Å². The Morgan fingerprint density at radius 3 is 2.89 bits per heavy atom. The molecule has 2 N–H and O–H groups in total. The second-order valence-corrected chi connectivity index (χ2v) is 6.59. The molecule has 0 bridgehead atoms. The Morgan fingerprint density at radius 2 is 2.04 bits per heavy atom. The molecule has 27 heavy (non-hydrogen) atoms. The number of amides is 2. The lowest BCUT2D eigenvalue weighted by Gasteiger charge is -2.28. The molecule has 0 fully saturated rings. The van der Waals surface area contributed by atoms with E-state index in [4.69, 9.17) is 18.9 Å². The molecule has 142 valence electrons. The molecule has 2 aliphatic rings. The summed E-state index contributed by atoms with van der Waals surface area (Å²) in [7, 11) is 1.62. The number of rotatable bonds is 4. The molecule has 2 aliphatic heterocycles. The number of carbonyl (C=O) groups excluding carboxylic acids is 1. The van der Waals surface area contributed by atoms with Crippen LogP contribution in [0.1, 0.15) is 29.2 Å². The van der Waals surface area contributed by atoms with Gasteiger partial charge in [-0.05, 0) is 36.2 Å². The lowest BCUT2D eigenvalue weighted by Crippen LogP contribution is -2.39. The van der Waals surface area contributed by atoms with Gasteiger partial charge in [-0.2, -0.15) is 0 Å². The van der Waals surface area contributed by atoms with Gasteiger partial charge >= 0.3 is 6.03 Å². The molecule has 7 heteroatoms. The van der Waals surface area contributed by atoms with Crippen molar-refractivity contribution in [3.8, 4) is 23.0 Å². The first kappa shape index (κ1) is 17.3. The molecule has 2 amide bonds. The number of benzene rings is 2. The first-order valence-electron chi connectivity index (χ1n) is 8.88. The maximum atomic E-state index is 12.4. The third-order valence-electron chi connectivity index (χ3n) is 4.67. The van der Waals surface area contributed by atoms with Crippen molar-refractivity contribution in [3.05, 3.63) is 47.0 Å². The number of hydrogen-bond donors (Lipinski definition) is 2. The van der Waals surface area contributed by atoms with Crippen molar-refractivity contribution in [2.45, 2.75) is 25.9 Å². The Hall–Kier alpha value is -3.09. The molecule has 2 aromatic rings. The molecule has 4 rings (SSSR count). The molecule has 0 aromatic heterocycles. The van der Waals surface area contributed by atoms with Crippen LogP contribution in [0.5, 0.6) is 23.0 Å². The Kier molecular flexibility index (Phi) is 4.66. The number of hydrogen-bond acceptors (Lipinski definition) is 5. The topological polar surface area (TPSA) is 78.1 Å². The number of aryl methyl sites for hydroxylation is 1. The van der Waals surface area contributed by atoms with Gasteiger partial charge in [0.05, 0.1) is 19.8 Å². The van der Waals surface area contributed by atoms with Gasteiger partial charge in [-0.25, -0.2) is 4.79 Å². The van der Waals surface area contributed by atoms with Crippen LogP contribution in [0.4, 0.5) is 4.79 Å². The van der Waals surface area contributed by atoms with Gasteiger partial charge in [0.25, 0.3) is 0 Å². The van der Waals surface area contributed by atoms with Crippen LogP contribution in [0.25, 0.3) is 0 Å². The number of ether oxygens (including phenoxy) is 4. The van der Waals surface area contributed by atoms with E-state index in [9.17, 15) is 4.79 Å². The quantitative estimate of drug-likeness (QED) is 0.865. The summed E-state index contributed by atoms with van der Waals surface area (Å²) in [5.41, 5.74) is 2.94. The largest absolute Gasteiger partial charge is 0.493 e. The highest BCUT2D eigenvalue weighted by atomic mass is 16.7. The van der Waals surface area contributed by atoms with Gasteiger partial charge in [-0.1, -0.05) is 12.1 Å². The van der Waals surface area contributed by atoms with Crippen LogP contribution in [-0.4, -0.2) is 26.5 Å². The maximum Gasteiger partial charge on any atom is 0.315 e. The molecular weight excluding hydrogens is 348 g/mol. The van der Waals surface area contributed by atoms with Crippen molar-refractivity contribution < 1.29 is 23.7 Å². The Morgan fingerprint density at radius 1 is 1.19 bits per heavy atom. The van der Waals surface area contributed by atoms with Gasteiger partial charge in [0, 0.05) is 18.5 Å². The van der Waals surface area contributed by atoms with E-state index in [-0.39, 0.29) is 18.9 Å². The number of carbonyl (C=O) groups is 1. The minimum atomic E-state index is -0.231. The zero-order valence-electron chi connectivity index (χ0n) is 15.3. The highest BCUT2D eigenvalue weighted by molar-refractivity contribution is 5.75. The average molecular weight is 370 g/mol. The summed E-state index contributed by atoms with van der Waals surface area (Å²) in [4.78, 5) is 12.4. The van der Waals surface area contributed by atoms with Crippen molar-refractivity contribution in [1.29, 1.82) is 0 Å². The molecule has 0 radical (unpaired) electrons. The Balaban J connectivity index is 1.41. The first-order valence-corrected chi connectivity index (χ1v) is 8.88. The molecule has 0 saturated heterocycles. The molecular formula is C20H22N2O5. The van der Waals surface area contributed by atoms with Gasteiger partial charge in [-0.3, -0.25) is 0 Å². The van der Waals surface area contributed by atoms with E-state index in [0.717, 1.165) is 22.4 Å². The van der Waals surface area contributed by atoms with Crippen molar-refractivity contribution in [1.82, 2.24) is 10.6 Å². The monoisotopic (exact) mass is 370 g/mol. The Labute approximate surface area is 157 Å². The fourth-order valence-electron chi connectivity index (χ4n) is 3.36. The first-order chi connectivity index (χ1) is 13.1. The zero-order valence-corrected chi connectivity index (χ0v) is 15.3. The SMILES string of the molecule is COc1cc(C)cc2c1OCC[C@@H]2NC(=O)NCc1ccc2c(c1)OCO2. The van der Waals surface area contributed by atoms with E-state index in [1.807, 2.05) is 37.3 Å². The number of methoxy groups -OCH3 is 1. The van der Waals surface area contributed by atoms with Crippen LogP contribution in [-0.2, 0) is 6.54 Å². The highest BCUT2D eigenvalue weighted by Gasteiger charge is 2.26. The Bertz CT molecular complexity index is 868. The number of fused-ring (bicyclic) bond motifs is 2. The van der Waals surface area contributed by atoms with Crippen LogP contribution >= 0.6 is 0 Å². The zero-order chi connectivity index (χ0) is 18.8. The molecule has 2 aromatic carbocycles. The lowest BCUT2D eigenvalue weighted by atomic mass is 9.98. The van der Waals surface area contributed by atoms with Crippen molar-refractivity contribution >= 4 is 6.03 Å². The molecule has 2 heterocycles. The van der Waals surface area contributed by atoms with Gasteiger partial charge < -0.3 is 29.6 Å². The predicted octanol–water partition coefficient (Wildman–Crippen LogP) is 3.06. The van der Waals surface area contributed by atoms with E-state index in [2.05, 4.69) is 10.6 Å². The van der Waals surface area contributed by atoms with E-state index in [0.29, 0.717) is 36.8 Å². The second kappa shape index (κ2) is 7.26. The van der Waals surface area contributed by atoms with Crippen LogP contribution in [0.2, 0.25) is 0 Å². The van der Waals surface area contributed by atoms with Crippen LogP contribution in [0.3, 0.4) is 0 Å². The summed E-state index contributed by atoms with van der Waals surface area (Å²) in [6, 6.07) is 9.24. The summed E-state index contributed by atoms with van der Waals surface area (Å²) in [5.74, 6) is 2.83. The van der Waals surface area contributed by atoms with Crippen molar-refractivity contribution in [2.24, 2.45) is 0 Å². The molecule has 0 spiro atoms. The smallest absolute Gasteiger partial charge is 0.315 e. The van der Waals surface area contributed by atoms with Gasteiger partial charge in [0.1, 0.15) is 0 Å². The van der Waals surface area contributed by atoms with Crippen molar-refractivity contribution in [2.75, 3.05) is 20.5 Å². The van der Waals surface area contributed by atoms with Crippen LogP contribution in [0.15, 0.2) is 30.3 Å². The van der Waals surface area contributed by atoms with Crippen LogP contribution in [0, 0.1) is 6.92 Å². The van der Waals surface area contributed by atoms with Crippen LogP contribution < -0.4 is 29.6 Å². The summed E-state index contributed by atoms with van der Waals surface area (Å²) in [5, 5.41) is 5.93. The standard InChI is InChI=1S/C20H22N2O5/c1-12-7-14-15(5-6-25-19(14)18(8-12)24-2)22-20(23)21-10-13-3-4-16-17(9-13)27-11-26-16/h3-4,7-9,15H,5-6,10-11H2,1-2H3,(H2,21,22,23)/t15-/m0/s1. The highest BCUT2D eigenvalue weighted by Crippen LogP contribution is 2.40. The number of nitrogens with one attached hydrogen (secondary N) is 2. The predicted molar refractivity (Wildman–Crippen MR) is 98.5 cm³/mol. The normalized spacial score (nSPS) is 16.9. The summed E-state index contributed by atoms with van der Waals surface area (Å²) < 4.78 is 21.8. The fourth-order valence-corrected chi connectivity index (χ4v) is 3.36. The number of urea groups is 1. The molecule has 7 nitrogen and oxygen atoms in total. The minimum absolute atomic E-state index is 0.126. The molecule has 0 saturated carbocycles. The van der Waals surface area contributed by atoms with E-state index >= 15 is 0 Å². The average Bonchev–Trinajstić information content (AvgIpc) is 3.14. The van der Waals surface area contributed by atoms with Gasteiger partial charge in [0.15, 0.2) is 23.0 Å². The summed E-state index contributed by atoms with van der Waals surface area (Å²) in [6.07, 6.45) is 0.705. The third-order valence-corrected chi connectivity index (χ3v) is 4.67. The lowest BCUT2D eigenvalue weighted by molar-refractivity contribution is 0.174. The molecule has 1 atom stereocenters. The molecule has 0 unspecified atom stereocenters. The minimum Gasteiger partial charge on any atom is -0.493 e. The van der Waals surface area contributed by atoms with Crippen molar-refractivity contribution in [3.63, 3.8) is 0 Å². The maximum absolute atomic E-state index is 12.4. The summed E-state index contributed by atoms with van der Waals surface area (Å²) >= 11 is 0.